The predicted molar refractivity (Wildman–Crippen MR) is 109 cm³/mol. The summed E-state index contributed by atoms with van der Waals surface area (Å²) in [4.78, 5) is 37.3. The van der Waals surface area contributed by atoms with Crippen molar-refractivity contribution in [1.29, 1.82) is 0 Å². The van der Waals surface area contributed by atoms with Gasteiger partial charge in [-0.3, -0.25) is 24.1 Å². The molecule has 1 aliphatic rings. The van der Waals surface area contributed by atoms with E-state index in [-0.39, 0.29) is 24.5 Å². The summed E-state index contributed by atoms with van der Waals surface area (Å²) in [7, 11) is 0. The van der Waals surface area contributed by atoms with Gasteiger partial charge in [-0.2, -0.15) is 0 Å². The van der Waals surface area contributed by atoms with Gasteiger partial charge in [-0.1, -0.05) is 32.3 Å². The van der Waals surface area contributed by atoms with Crippen molar-refractivity contribution in [3.8, 4) is 5.75 Å². The number of hydrogen-bond donors (Lipinski definition) is 3. The molecule has 0 spiro atoms. The zero-order valence-corrected chi connectivity index (χ0v) is 17.1. The Morgan fingerprint density at radius 1 is 1.23 bits per heavy atom. The lowest BCUT2D eigenvalue weighted by Crippen LogP contribution is -2.53. The summed E-state index contributed by atoms with van der Waals surface area (Å²) >= 11 is 0. The molecule has 166 valence electrons. The average molecular weight is 434 g/mol. The molecule has 3 rings (SSSR count). The fourth-order valence-electron chi connectivity index (χ4n) is 3.35. The van der Waals surface area contributed by atoms with Gasteiger partial charge in [-0.05, 0) is 12.5 Å². The van der Waals surface area contributed by atoms with E-state index in [1.165, 1.54) is 16.9 Å². The minimum atomic E-state index is -1.01. The molecule has 0 bridgehead atoms. The number of fused-ring (bicyclic) bond motifs is 1. The minimum absolute atomic E-state index is 0.0361. The third-order valence-corrected chi connectivity index (χ3v) is 5.08. The largest absolute Gasteiger partial charge is 0.502 e. The van der Waals surface area contributed by atoms with Crippen LogP contribution in [0.2, 0.25) is 0 Å². The Hall–Kier alpha value is -3.43. The standard InChI is InChI=1S/C21H24F2N4O4/c1-2-3-4-5-8-26-12-25-21(31)17-19(29)18(28)15(11-27(17)26)20(30)24-10-13-6-7-14(22)9-16(13)23/h6-7,9,11,29H,2-5,8,10,12H2,1H3,(H,24,30)(H,25,31). The van der Waals surface area contributed by atoms with Gasteiger partial charge in [0.2, 0.25) is 5.43 Å². The second kappa shape index (κ2) is 9.59. The van der Waals surface area contributed by atoms with E-state index in [2.05, 4.69) is 17.6 Å². The van der Waals surface area contributed by atoms with Gasteiger partial charge in [-0.25, -0.2) is 8.78 Å². The summed E-state index contributed by atoms with van der Waals surface area (Å²) in [6.07, 6.45) is 5.10. The first-order valence-corrected chi connectivity index (χ1v) is 10.1. The first-order chi connectivity index (χ1) is 14.8. The van der Waals surface area contributed by atoms with E-state index in [0.29, 0.717) is 12.6 Å². The van der Waals surface area contributed by atoms with Crippen molar-refractivity contribution >= 4 is 11.8 Å². The number of pyridine rings is 1. The Morgan fingerprint density at radius 3 is 2.71 bits per heavy atom. The summed E-state index contributed by atoms with van der Waals surface area (Å²) in [6.45, 7) is 2.50. The fourth-order valence-corrected chi connectivity index (χ4v) is 3.35. The van der Waals surface area contributed by atoms with Gasteiger partial charge in [0.1, 0.15) is 23.9 Å². The van der Waals surface area contributed by atoms with E-state index >= 15 is 0 Å². The highest BCUT2D eigenvalue weighted by Crippen LogP contribution is 2.18. The van der Waals surface area contributed by atoms with Crippen LogP contribution in [0.3, 0.4) is 0 Å². The molecule has 2 aromatic rings. The highest BCUT2D eigenvalue weighted by atomic mass is 19.1. The van der Waals surface area contributed by atoms with Gasteiger partial charge in [0, 0.05) is 30.9 Å². The third kappa shape index (κ3) is 4.84. The molecular formula is C21H24F2N4O4. The second-order valence-electron chi connectivity index (χ2n) is 7.29. The van der Waals surface area contributed by atoms with Crippen molar-refractivity contribution in [3.63, 3.8) is 0 Å². The van der Waals surface area contributed by atoms with Crippen LogP contribution in [0.1, 0.15) is 59.0 Å². The Kier molecular flexibility index (Phi) is 6.88. The smallest absolute Gasteiger partial charge is 0.275 e. The molecule has 0 atom stereocenters. The molecule has 2 heterocycles. The van der Waals surface area contributed by atoms with Crippen LogP contribution in [0.4, 0.5) is 8.78 Å². The lowest BCUT2D eigenvalue weighted by Gasteiger charge is -2.34. The number of halogens is 2. The first-order valence-electron chi connectivity index (χ1n) is 10.1. The Bertz CT molecular complexity index is 1050. The number of carbonyl (C=O) groups is 2. The molecule has 3 N–H and O–H groups in total. The van der Waals surface area contributed by atoms with E-state index < -0.39 is 40.2 Å². The van der Waals surface area contributed by atoms with Gasteiger partial charge in [0.05, 0.1) is 0 Å². The van der Waals surface area contributed by atoms with Gasteiger partial charge in [0.15, 0.2) is 11.4 Å². The minimum Gasteiger partial charge on any atom is -0.502 e. The number of rotatable bonds is 8. The number of nitrogens with one attached hydrogen (secondary N) is 2. The van der Waals surface area contributed by atoms with Crippen LogP contribution >= 0.6 is 0 Å². The number of unbranched alkanes of at least 4 members (excludes halogenated alkanes) is 3. The van der Waals surface area contributed by atoms with Gasteiger partial charge in [-0.15, -0.1) is 0 Å². The maximum atomic E-state index is 13.8. The van der Waals surface area contributed by atoms with Crippen LogP contribution < -0.4 is 21.1 Å². The van der Waals surface area contributed by atoms with Crippen molar-refractivity contribution in [2.45, 2.75) is 39.2 Å². The van der Waals surface area contributed by atoms with Crippen LogP contribution in [0, 0.1) is 11.6 Å². The highest BCUT2D eigenvalue weighted by molar-refractivity contribution is 5.99. The summed E-state index contributed by atoms with van der Waals surface area (Å²) in [5.41, 5.74) is -1.61. The molecular weight excluding hydrogens is 410 g/mol. The second-order valence-corrected chi connectivity index (χ2v) is 7.29. The number of aromatic nitrogens is 1. The number of benzene rings is 1. The van der Waals surface area contributed by atoms with E-state index in [9.17, 15) is 28.3 Å². The molecule has 2 amide bonds. The van der Waals surface area contributed by atoms with Gasteiger partial charge >= 0.3 is 0 Å². The zero-order chi connectivity index (χ0) is 22.5. The van der Waals surface area contributed by atoms with Gasteiger partial charge in [0.25, 0.3) is 11.8 Å². The SMILES string of the molecule is CCCCCCN1CNC(=O)c2c(O)c(=O)c(C(=O)NCc3ccc(F)cc3F)cn21. The Labute approximate surface area is 177 Å². The monoisotopic (exact) mass is 434 g/mol. The predicted octanol–water partition coefficient (Wildman–Crippen LogP) is 1.98. The van der Waals surface area contributed by atoms with Crippen LogP contribution in [-0.4, -0.2) is 34.8 Å². The molecule has 0 radical (unpaired) electrons. The number of carbonyl (C=O) groups excluding carboxylic acids is 2. The number of hydrogen-bond acceptors (Lipinski definition) is 5. The molecule has 0 saturated heterocycles. The number of nitrogens with zero attached hydrogens (tertiary/aromatic N) is 2. The normalized spacial score (nSPS) is 13.0. The molecule has 0 saturated carbocycles. The van der Waals surface area contributed by atoms with Crippen molar-refractivity contribution < 1.29 is 23.5 Å². The maximum Gasteiger partial charge on any atom is 0.275 e. The Morgan fingerprint density at radius 2 is 2.00 bits per heavy atom. The molecule has 0 aliphatic carbocycles. The molecule has 10 heteroatoms. The van der Waals surface area contributed by atoms with E-state index in [4.69, 9.17) is 0 Å². The van der Waals surface area contributed by atoms with Crippen molar-refractivity contribution in [2.75, 3.05) is 18.2 Å². The summed E-state index contributed by atoms with van der Waals surface area (Å²) in [6, 6.07) is 2.93. The molecule has 31 heavy (non-hydrogen) atoms. The first kappa shape index (κ1) is 22.3. The van der Waals surface area contributed by atoms with Gasteiger partial charge < -0.3 is 15.7 Å². The number of aromatic hydroxyl groups is 1. The van der Waals surface area contributed by atoms with E-state index in [0.717, 1.165) is 31.7 Å². The van der Waals surface area contributed by atoms with Crippen LogP contribution in [-0.2, 0) is 6.54 Å². The molecule has 0 unspecified atom stereocenters. The topological polar surface area (TPSA) is 104 Å². The lowest BCUT2D eigenvalue weighted by molar-refractivity contribution is 0.0908. The van der Waals surface area contributed by atoms with Crippen molar-refractivity contribution in [3.05, 3.63) is 63.1 Å². The average Bonchev–Trinajstić information content (AvgIpc) is 2.74. The summed E-state index contributed by atoms with van der Waals surface area (Å²) < 4.78 is 28.1. The highest BCUT2D eigenvalue weighted by Gasteiger charge is 2.29. The molecule has 0 fully saturated rings. The Balaban J connectivity index is 1.85. The van der Waals surface area contributed by atoms with Crippen molar-refractivity contribution in [2.24, 2.45) is 0 Å². The van der Waals surface area contributed by atoms with E-state index in [1.54, 1.807) is 5.01 Å². The molecule has 1 aliphatic heterocycles. The maximum absolute atomic E-state index is 13.8. The van der Waals surface area contributed by atoms with Crippen LogP contribution in [0.15, 0.2) is 29.2 Å². The van der Waals surface area contributed by atoms with E-state index in [1.807, 2.05) is 0 Å². The lowest BCUT2D eigenvalue weighted by atomic mass is 10.1. The van der Waals surface area contributed by atoms with Crippen LogP contribution in [0.5, 0.6) is 5.75 Å². The third-order valence-electron chi connectivity index (χ3n) is 5.08. The quantitative estimate of drug-likeness (QED) is 0.552. The molecule has 1 aromatic carbocycles. The summed E-state index contributed by atoms with van der Waals surface area (Å²) in [5.74, 6) is -3.89. The fraction of sp³-hybridized carbons (Fsp3) is 0.381. The molecule has 8 nitrogen and oxygen atoms in total. The van der Waals surface area contributed by atoms with Crippen LogP contribution in [0.25, 0.3) is 0 Å². The summed E-state index contributed by atoms with van der Waals surface area (Å²) in [5, 5.41) is 17.0. The molecule has 1 aromatic heterocycles. The number of amides is 2. The van der Waals surface area contributed by atoms with Crippen molar-refractivity contribution in [1.82, 2.24) is 15.3 Å². The zero-order valence-electron chi connectivity index (χ0n) is 17.1.